The normalized spacial score (nSPS) is 15.7. The molecule has 29 heavy (non-hydrogen) atoms. The van der Waals surface area contributed by atoms with E-state index in [9.17, 15) is 13.2 Å². The summed E-state index contributed by atoms with van der Waals surface area (Å²) in [7, 11) is -1.83. The predicted octanol–water partition coefficient (Wildman–Crippen LogP) is 1.22. The van der Waals surface area contributed by atoms with E-state index in [-0.39, 0.29) is 17.6 Å². The number of para-hydroxylation sites is 1. The van der Waals surface area contributed by atoms with Crippen LogP contribution in [0.3, 0.4) is 0 Å². The van der Waals surface area contributed by atoms with E-state index in [1.165, 1.54) is 17.7 Å². The number of methoxy groups -OCH3 is 1. The fraction of sp³-hybridized carbons (Fsp3) is 0.381. The predicted molar refractivity (Wildman–Crippen MR) is 113 cm³/mol. The van der Waals surface area contributed by atoms with Crippen molar-refractivity contribution in [1.29, 1.82) is 0 Å². The van der Waals surface area contributed by atoms with Crippen molar-refractivity contribution in [2.75, 3.05) is 37.7 Å². The summed E-state index contributed by atoms with van der Waals surface area (Å²) in [5, 5.41) is 3.00. The van der Waals surface area contributed by atoms with Crippen molar-refractivity contribution in [3.63, 3.8) is 0 Å². The molecule has 3 N–H and O–H groups in total. The molecule has 0 aromatic heterocycles. The summed E-state index contributed by atoms with van der Waals surface area (Å²) in [5.74, 6) is 0.502. The van der Waals surface area contributed by atoms with Crippen LogP contribution in [0.5, 0.6) is 5.75 Å². The van der Waals surface area contributed by atoms with E-state index in [1.807, 2.05) is 24.3 Å². The van der Waals surface area contributed by atoms with Gasteiger partial charge in [-0.2, -0.15) is 0 Å². The Labute approximate surface area is 172 Å². The Bertz CT molecular complexity index is 939. The van der Waals surface area contributed by atoms with E-state index in [0.717, 1.165) is 30.7 Å². The number of nitrogens with one attached hydrogen (secondary N) is 3. The van der Waals surface area contributed by atoms with Gasteiger partial charge in [0.1, 0.15) is 11.8 Å². The number of anilines is 1. The molecule has 7 nitrogen and oxygen atoms in total. The van der Waals surface area contributed by atoms with Gasteiger partial charge in [0.15, 0.2) is 0 Å². The molecular weight excluding hydrogens is 390 g/mol. The van der Waals surface area contributed by atoms with E-state index in [4.69, 9.17) is 4.74 Å². The van der Waals surface area contributed by atoms with Gasteiger partial charge in [0.05, 0.1) is 44.3 Å². The molecule has 0 spiro atoms. The molecule has 0 bridgehead atoms. The highest BCUT2D eigenvalue weighted by Crippen LogP contribution is 2.18. The molecule has 0 saturated carbocycles. The molecule has 1 amide bonds. The summed E-state index contributed by atoms with van der Waals surface area (Å²) >= 11 is 0. The van der Waals surface area contributed by atoms with Crippen LogP contribution in [0, 0.1) is 0 Å². The summed E-state index contributed by atoms with van der Waals surface area (Å²) in [5.41, 5.74) is 1.73. The first kappa shape index (κ1) is 21.1. The standard InChI is InChI=1S/C21H27N3O4S/c1-28-17-11-9-16(10-12-17)20(24-13-5-6-14-24)15-22-21(25)18-7-3-4-8-19(18)23-29(2,26)27/h3-4,7-12,20,23H,5-6,13-15H2,1-2H3,(H,22,25)/p+1/t20-/m1/s1. The minimum atomic E-state index is -3.47. The Morgan fingerprint density at radius 3 is 2.38 bits per heavy atom. The minimum absolute atomic E-state index is 0.127. The van der Waals surface area contributed by atoms with Crippen LogP contribution in [-0.4, -0.2) is 47.3 Å². The fourth-order valence-electron chi connectivity index (χ4n) is 3.77. The van der Waals surface area contributed by atoms with Gasteiger partial charge in [-0.3, -0.25) is 9.52 Å². The fourth-order valence-corrected chi connectivity index (χ4v) is 4.35. The van der Waals surface area contributed by atoms with Crippen molar-refractivity contribution in [1.82, 2.24) is 5.32 Å². The van der Waals surface area contributed by atoms with Crippen molar-refractivity contribution in [3.8, 4) is 5.75 Å². The summed E-state index contributed by atoms with van der Waals surface area (Å²) in [6.45, 7) is 2.60. The van der Waals surface area contributed by atoms with Crippen LogP contribution in [-0.2, 0) is 10.0 Å². The third kappa shape index (κ3) is 5.71. The molecular formula is C21H28N3O4S+. The lowest BCUT2D eigenvalue weighted by atomic mass is 10.0. The van der Waals surface area contributed by atoms with E-state index < -0.39 is 10.0 Å². The lowest BCUT2D eigenvalue weighted by Gasteiger charge is -2.25. The Morgan fingerprint density at radius 2 is 1.76 bits per heavy atom. The average molecular weight is 419 g/mol. The summed E-state index contributed by atoms with van der Waals surface area (Å²) in [4.78, 5) is 14.3. The molecule has 1 heterocycles. The maximum Gasteiger partial charge on any atom is 0.253 e. The first-order chi connectivity index (χ1) is 13.9. The van der Waals surface area contributed by atoms with Crippen LogP contribution < -0.4 is 19.7 Å². The molecule has 0 unspecified atom stereocenters. The van der Waals surface area contributed by atoms with Gasteiger partial charge < -0.3 is 15.0 Å². The zero-order chi connectivity index (χ0) is 20.9. The number of rotatable bonds is 8. The highest BCUT2D eigenvalue weighted by molar-refractivity contribution is 7.92. The lowest BCUT2D eigenvalue weighted by molar-refractivity contribution is -0.918. The molecule has 8 heteroatoms. The lowest BCUT2D eigenvalue weighted by Crippen LogP contribution is -3.11. The first-order valence-corrected chi connectivity index (χ1v) is 11.6. The molecule has 2 aromatic carbocycles. The van der Waals surface area contributed by atoms with E-state index >= 15 is 0 Å². The van der Waals surface area contributed by atoms with Crippen molar-refractivity contribution >= 4 is 21.6 Å². The number of amides is 1. The SMILES string of the molecule is COc1ccc([C@@H](CNC(=O)c2ccccc2NS(C)(=O)=O)[NH+]2CCCC2)cc1. The quantitative estimate of drug-likeness (QED) is 0.601. The van der Waals surface area contributed by atoms with Gasteiger partial charge in [0, 0.05) is 18.4 Å². The van der Waals surface area contributed by atoms with Gasteiger partial charge in [-0.25, -0.2) is 8.42 Å². The molecule has 1 aliphatic heterocycles. The number of hydrogen-bond acceptors (Lipinski definition) is 4. The van der Waals surface area contributed by atoms with Crippen LogP contribution in [0.25, 0.3) is 0 Å². The first-order valence-electron chi connectivity index (χ1n) is 9.71. The molecule has 3 rings (SSSR count). The van der Waals surface area contributed by atoms with Crippen LogP contribution in [0.2, 0.25) is 0 Å². The zero-order valence-electron chi connectivity index (χ0n) is 16.8. The molecule has 2 aromatic rings. The highest BCUT2D eigenvalue weighted by Gasteiger charge is 2.28. The van der Waals surface area contributed by atoms with Crippen molar-refractivity contribution in [2.24, 2.45) is 0 Å². The second-order valence-corrected chi connectivity index (χ2v) is 9.07. The molecule has 1 saturated heterocycles. The second kappa shape index (κ2) is 9.28. The molecule has 1 fully saturated rings. The van der Waals surface area contributed by atoms with Crippen molar-refractivity contribution < 1.29 is 22.8 Å². The summed E-state index contributed by atoms with van der Waals surface area (Å²) < 4.78 is 30.9. The van der Waals surface area contributed by atoms with Gasteiger partial charge in [-0.05, 0) is 36.4 Å². The van der Waals surface area contributed by atoms with Crippen molar-refractivity contribution in [2.45, 2.75) is 18.9 Å². The maximum absolute atomic E-state index is 12.8. The average Bonchev–Trinajstić information content (AvgIpc) is 3.22. The smallest absolute Gasteiger partial charge is 0.253 e. The van der Waals surface area contributed by atoms with E-state index in [0.29, 0.717) is 12.1 Å². The Balaban J connectivity index is 1.76. The number of likely N-dealkylation sites (tertiary alicyclic amines) is 1. The number of carbonyl (C=O) groups is 1. The minimum Gasteiger partial charge on any atom is -0.497 e. The summed E-state index contributed by atoms with van der Waals surface area (Å²) in [6, 6.07) is 14.7. The Hall–Kier alpha value is -2.58. The third-order valence-corrected chi connectivity index (χ3v) is 5.78. The van der Waals surface area contributed by atoms with Crippen LogP contribution in [0.15, 0.2) is 48.5 Å². The van der Waals surface area contributed by atoms with Crippen LogP contribution >= 0.6 is 0 Å². The number of carbonyl (C=O) groups excluding carboxylic acids is 1. The third-order valence-electron chi connectivity index (χ3n) is 5.19. The number of benzene rings is 2. The van der Waals surface area contributed by atoms with Gasteiger partial charge in [0.25, 0.3) is 5.91 Å². The Morgan fingerprint density at radius 1 is 1.10 bits per heavy atom. The molecule has 156 valence electrons. The summed E-state index contributed by atoms with van der Waals surface area (Å²) in [6.07, 6.45) is 3.42. The zero-order valence-corrected chi connectivity index (χ0v) is 17.6. The largest absolute Gasteiger partial charge is 0.497 e. The molecule has 0 radical (unpaired) electrons. The highest BCUT2D eigenvalue weighted by atomic mass is 32.2. The molecule has 0 aliphatic carbocycles. The Kier molecular flexibility index (Phi) is 6.76. The van der Waals surface area contributed by atoms with Gasteiger partial charge >= 0.3 is 0 Å². The van der Waals surface area contributed by atoms with E-state index in [2.05, 4.69) is 10.0 Å². The van der Waals surface area contributed by atoms with Crippen molar-refractivity contribution in [3.05, 3.63) is 59.7 Å². The van der Waals surface area contributed by atoms with E-state index in [1.54, 1.807) is 31.4 Å². The van der Waals surface area contributed by atoms with Crippen LogP contribution in [0.4, 0.5) is 5.69 Å². The topological polar surface area (TPSA) is 88.9 Å². The number of quaternary nitrogens is 1. The number of ether oxygens (including phenoxy) is 1. The monoisotopic (exact) mass is 418 g/mol. The van der Waals surface area contributed by atoms with Crippen LogP contribution in [0.1, 0.15) is 34.8 Å². The van der Waals surface area contributed by atoms with Gasteiger partial charge in [0.2, 0.25) is 10.0 Å². The molecule has 1 aliphatic rings. The van der Waals surface area contributed by atoms with Gasteiger partial charge in [-0.1, -0.05) is 12.1 Å². The maximum atomic E-state index is 12.8. The second-order valence-electron chi connectivity index (χ2n) is 7.32. The number of hydrogen-bond donors (Lipinski definition) is 3. The number of sulfonamides is 1. The molecule has 1 atom stereocenters. The van der Waals surface area contributed by atoms with Gasteiger partial charge in [-0.15, -0.1) is 0 Å².